The minimum atomic E-state index is -1.23. The number of nitrogens with one attached hydrogen (secondary N) is 2. The van der Waals surface area contributed by atoms with Gasteiger partial charge in [0.25, 0.3) is 0 Å². The summed E-state index contributed by atoms with van der Waals surface area (Å²) < 4.78 is 13.2. The molecule has 0 radical (unpaired) electrons. The standard InChI is InChI=1S/C16H12FN3O2S/c17-10-7-5-9(6-8-10)13-11-3-1-2-4-12(11)18-15(23)14(19-13)20-16(21)22/h1-8,14,20H,(H,18,23)(H,21,22). The fourth-order valence-corrected chi connectivity index (χ4v) is 2.53. The van der Waals surface area contributed by atoms with Crippen molar-refractivity contribution in [2.75, 3.05) is 5.32 Å². The molecule has 2 aromatic rings. The highest BCUT2D eigenvalue weighted by Crippen LogP contribution is 2.24. The number of halogens is 1. The molecule has 23 heavy (non-hydrogen) atoms. The molecule has 1 aliphatic heterocycles. The number of thiocarbonyl (C=S) groups is 1. The molecule has 1 heterocycles. The predicted molar refractivity (Wildman–Crippen MR) is 89.7 cm³/mol. The second kappa shape index (κ2) is 6.13. The molecule has 0 saturated carbocycles. The molecule has 3 rings (SSSR count). The monoisotopic (exact) mass is 329 g/mol. The van der Waals surface area contributed by atoms with Crippen molar-refractivity contribution >= 4 is 34.7 Å². The van der Waals surface area contributed by atoms with Gasteiger partial charge in [-0.1, -0.05) is 30.4 Å². The number of benzene rings is 2. The highest BCUT2D eigenvalue weighted by Gasteiger charge is 2.24. The van der Waals surface area contributed by atoms with Crippen molar-refractivity contribution < 1.29 is 14.3 Å². The highest BCUT2D eigenvalue weighted by molar-refractivity contribution is 7.80. The summed E-state index contributed by atoms with van der Waals surface area (Å²) in [6.45, 7) is 0. The zero-order chi connectivity index (χ0) is 16.4. The third-order valence-electron chi connectivity index (χ3n) is 3.32. The lowest BCUT2D eigenvalue weighted by Gasteiger charge is -2.13. The third-order valence-corrected chi connectivity index (χ3v) is 3.65. The normalized spacial score (nSPS) is 16.7. The molecule has 2 aromatic carbocycles. The van der Waals surface area contributed by atoms with E-state index in [-0.39, 0.29) is 10.8 Å². The van der Waals surface area contributed by atoms with Gasteiger partial charge >= 0.3 is 6.09 Å². The molecule has 3 N–H and O–H groups in total. The van der Waals surface area contributed by atoms with Gasteiger partial charge < -0.3 is 10.4 Å². The van der Waals surface area contributed by atoms with Gasteiger partial charge in [0.05, 0.1) is 5.71 Å². The molecule has 1 amide bonds. The van der Waals surface area contributed by atoms with Crippen LogP contribution < -0.4 is 10.6 Å². The van der Waals surface area contributed by atoms with E-state index in [0.717, 1.165) is 11.3 Å². The van der Waals surface area contributed by atoms with Gasteiger partial charge in [-0.05, 0) is 30.3 Å². The molecular formula is C16H12FN3O2S. The Morgan fingerprint density at radius 2 is 1.91 bits per heavy atom. The second-order valence-corrected chi connectivity index (χ2v) is 5.31. The van der Waals surface area contributed by atoms with E-state index in [9.17, 15) is 9.18 Å². The average molecular weight is 329 g/mol. The van der Waals surface area contributed by atoms with E-state index in [1.165, 1.54) is 12.1 Å². The summed E-state index contributed by atoms with van der Waals surface area (Å²) in [6.07, 6.45) is -2.15. The number of anilines is 1. The Balaban J connectivity index is 2.15. The van der Waals surface area contributed by atoms with E-state index in [2.05, 4.69) is 15.6 Å². The van der Waals surface area contributed by atoms with Crippen molar-refractivity contribution in [2.24, 2.45) is 4.99 Å². The number of carboxylic acid groups (broad SMARTS) is 1. The first-order valence-electron chi connectivity index (χ1n) is 6.78. The van der Waals surface area contributed by atoms with Gasteiger partial charge in [0, 0.05) is 16.8 Å². The van der Waals surface area contributed by atoms with Gasteiger partial charge in [0.15, 0.2) is 6.17 Å². The Kier molecular flexibility index (Phi) is 4.03. The smallest absolute Gasteiger partial charge is 0.406 e. The Morgan fingerprint density at radius 1 is 1.22 bits per heavy atom. The van der Waals surface area contributed by atoms with Gasteiger partial charge in [0.2, 0.25) is 0 Å². The van der Waals surface area contributed by atoms with Crippen LogP contribution in [-0.4, -0.2) is 28.1 Å². The fourth-order valence-electron chi connectivity index (χ4n) is 2.31. The Morgan fingerprint density at radius 3 is 2.61 bits per heavy atom. The Hall–Kier alpha value is -2.80. The zero-order valence-corrected chi connectivity index (χ0v) is 12.6. The zero-order valence-electron chi connectivity index (χ0n) is 11.8. The van der Waals surface area contributed by atoms with Gasteiger partial charge in [-0.2, -0.15) is 0 Å². The first-order chi connectivity index (χ1) is 11.0. The molecular weight excluding hydrogens is 317 g/mol. The molecule has 116 valence electrons. The first-order valence-corrected chi connectivity index (χ1v) is 7.19. The number of carbonyl (C=O) groups is 1. The molecule has 0 fully saturated rings. The summed E-state index contributed by atoms with van der Waals surface area (Å²) in [5, 5.41) is 14.2. The third kappa shape index (κ3) is 3.19. The molecule has 1 aliphatic rings. The maximum Gasteiger partial charge on any atom is 0.406 e. The summed E-state index contributed by atoms with van der Waals surface area (Å²) in [7, 11) is 0. The number of fused-ring (bicyclic) bond motifs is 1. The van der Waals surface area contributed by atoms with E-state index >= 15 is 0 Å². The van der Waals surface area contributed by atoms with Crippen LogP contribution in [0.25, 0.3) is 0 Å². The molecule has 0 aromatic heterocycles. The molecule has 1 unspecified atom stereocenters. The fraction of sp³-hybridized carbons (Fsp3) is 0.0625. The van der Waals surface area contributed by atoms with Crippen molar-refractivity contribution in [2.45, 2.75) is 6.17 Å². The van der Waals surface area contributed by atoms with Crippen LogP contribution >= 0.6 is 12.2 Å². The van der Waals surface area contributed by atoms with Gasteiger partial charge in [-0.15, -0.1) is 0 Å². The van der Waals surface area contributed by atoms with Crippen LogP contribution in [0.1, 0.15) is 11.1 Å². The quantitative estimate of drug-likeness (QED) is 0.741. The van der Waals surface area contributed by atoms with Crippen molar-refractivity contribution in [3.05, 3.63) is 65.5 Å². The number of nitrogens with zero attached hydrogens (tertiary/aromatic N) is 1. The molecule has 0 spiro atoms. The highest BCUT2D eigenvalue weighted by atomic mass is 32.1. The van der Waals surface area contributed by atoms with E-state index in [0.29, 0.717) is 11.3 Å². The maximum atomic E-state index is 13.2. The SMILES string of the molecule is O=C(O)NC1N=C(c2ccc(F)cc2)c2ccccc2NC1=S. The van der Waals surface area contributed by atoms with Crippen molar-refractivity contribution in [1.82, 2.24) is 5.32 Å². The minimum absolute atomic E-state index is 0.247. The van der Waals surface area contributed by atoms with Crippen LogP contribution in [0, 0.1) is 5.82 Å². The van der Waals surface area contributed by atoms with Crippen molar-refractivity contribution in [3.8, 4) is 0 Å². The minimum Gasteiger partial charge on any atom is -0.465 e. The number of hydrogen-bond donors (Lipinski definition) is 3. The van der Waals surface area contributed by atoms with E-state index in [1.54, 1.807) is 12.1 Å². The topological polar surface area (TPSA) is 73.7 Å². The number of amides is 1. The maximum absolute atomic E-state index is 13.2. The van der Waals surface area contributed by atoms with Crippen LogP contribution in [-0.2, 0) is 0 Å². The van der Waals surface area contributed by atoms with E-state index in [1.807, 2.05) is 24.3 Å². The van der Waals surface area contributed by atoms with Gasteiger partial charge in [0.1, 0.15) is 10.8 Å². The van der Waals surface area contributed by atoms with Crippen molar-refractivity contribution in [3.63, 3.8) is 0 Å². The number of aliphatic imine (C=N–C) groups is 1. The average Bonchev–Trinajstić information content (AvgIpc) is 2.65. The summed E-state index contributed by atoms with van der Waals surface area (Å²) in [6, 6.07) is 13.2. The van der Waals surface area contributed by atoms with E-state index < -0.39 is 12.3 Å². The summed E-state index contributed by atoms with van der Waals surface area (Å²) in [5.74, 6) is -0.356. The molecule has 1 atom stereocenters. The summed E-state index contributed by atoms with van der Waals surface area (Å²) in [4.78, 5) is 15.7. The number of hydrogen-bond acceptors (Lipinski definition) is 3. The lowest BCUT2D eigenvalue weighted by Crippen LogP contribution is -2.40. The van der Waals surface area contributed by atoms with Crippen molar-refractivity contribution in [1.29, 1.82) is 0 Å². The molecule has 0 aliphatic carbocycles. The lowest BCUT2D eigenvalue weighted by molar-refractivity contribution is 0.193. The van der Waals surface area contributed by atoms with Gasteiger partial charge in [-0.3, -0.25) is 10.3 Å². The lowest BCUT2D eigenvalue weighted by atomic mass is 10.0. The number of benzodiazepines with no additional fused rings is 1. The predicted octanol–water partition coefficient (Wildman–Crippen LogP) is 3.01. The van der Waals surface area contributed by atoms with Crippen LogP contribution in [0.5, 0.6) is 0 Å². The molecule has 5 nitrogen and oxygen atoms in total. The van der Waals surface area contributed by atoms with Crippen LogP contribution in [0.15, 0.2) is 53.5 Å². The Bertz CT molecular complexity index is 805. The summed E-state index contributed by atoms with van der Waals surface area (Å²) >= 11 is 5.23. The number of para-hydroxylation sites is 1. The Labute approximate surface area is 136 Å². The number of rotatable bonds is 2. The van der Waals surface area contributed by atoms with Crippen LogP contribution in [0.2, 0.25) is 0 Å². The molecule has 0 saturated heterocycles. The van der Waals surface area contributed by atoms with Gasteiger partial charge in [-0.25, -0.2) is 9.18 Å². The second-order valence-electron chi connectivity index (χ2n) is 4.87. The molecule has 7 heteroatoms. The van der Waals surface area contributed by atoms with Crippen LogP contribution in [0.3, 0.4) is 0 Å². The first kappa shape index (κ1) is 15.1. The summed E-state index contributed by atoms with van der Waals surface area (Å²) in [5.41, 5.74) is 2.68. The van der Waals surface area contributed by atoms with Crippen LogP contribution in [0.4, 0.5) is 14.9 Å². The molecule has 0 bridgehead atoms. The largest absolute Gasteiger partial charge is 0.465 e. The van der Waals surface area contributed by atoms with E-state index in [4.69, 9.17) is 17.3 Å².